The summed E-state index contributed by atoms with van der Waals surface area (Å²) in [6, 6.07) is 3.44. The van der Waals surface area contributed by atoms with Crippen LogP contribution in [0.4, 0.5) is 0 Å². The van der Waals surface area contributed by atoms with Gasteiger partial charge in [0.05, 0.1) is 25.3 Å². The van der Waals surface area contributed by atoms with E-state index in [2.05, 4.69) is 5.32 Å². The van der Waals surface area contributed by atoms with E-state index in [0.29, 0.717) is 31.9 Å². The van der Waals surface area contributed by atoms with Gasteiger partial charge in [-0.2, -0.15) is 0 Å². The van der Waals surface area contributed by atoms with Crippen molar-refractivity contribution >= 4 is 29.8 Å². The minimum Gasteiger partial charge on any atom is -0.466 e. The van der Waals surface area contributed by atoms with Gasteiger partial charge < -0.3 is 24.3 Å². The van der Waals surface area contributed by atoms with Crippen LogP contribution in [0.2, 0.25) is 0 Å². The van der Waals surface area contributed by atoms with Crippen molar-refractivity contribution in [2.45, 2.75) is 26.2 Å². The maximum absolute atomic E-state index is 12.5. The Kier molecular flexibility index (Phi) is 9.11. The molecule has 1 aromatic rings. The first kappa shape index (κ1) is 23.2. The summed E-state index contributed by atoms with van der Waals surface area (Å²) in [5, 5.41) is 2.62. The first-order valence-electron chi connectivity index (χ1n) is 10.1. The number of likely N-dealkylation sites (tertiary alicyclic amines) is 1. The van der Waals surface area contributed by atoms with Crippen molar-refractivity contribution in [1.82, 2.24) is 15.1 Å². The van der Waals surface area contributed by atoms with E-state index in [4.69, 9.17) is 9.15 Å². The molecule has 0 bridgehead atoms. The lowest BCUT2D eigenvalue weighted by Gasteiger charge is -2.32. The van der Waals surface area contributed by atoms with Gasteiger partial charge in [0, 0.05) is 39.2 Å². The molecule has 3 amide bonds. The predicted molar refractivity (Wildman–Crippen MR) is 109 cm³/mol. The van der Waals surface area contributed by atoms with Crippen LogP contribution in [0.25, 0.3) is 6.08 Å². The summed E-state index contributed by atoms with van der Waals surface area (Å²) in [4.78, 5) is 51.4. The summed E-state index contributed by atoms with van der Waals surface area (Å²) in [6.07, 6.45) is 5.87. The van der Waals surface area contributed by atoms with Gasteiger partial charge in [-0.1, -0.05) is 0 Å². The molecule has 30 heavy (non-hydrogen) atoms. The predicted octanol–water partition coefficient (Wildman–Crippen LogP) is 1.06. The standard InChI is InChI=1S/C21H29N3O6/c1-3-29-21(28)16-6-4-12-24(14-16)20(27)15-23(2)19(26)10-11-22-18(25)9-8-17-7-5-13-30-17/h5,7-9,13,16H,3-4,6,10-12,14-15H2,1-2H3,(H,22,25)/b9-8+. The second kappa shape index (κ2) is 11.8. The summed E-state index contributed by atoms with van der Waals surface area (Å²) in [5.74, 6) is -0.828. The molecule has 1 unspecified atom stereocenters. The Morgan fingerprint density at radius 2 is 2.17 bits per heavy atom. The molecule has 1 saturated heterocycles. The number of furan rings is 1. The van der Waals surface area contributed by atoms with Crippen molar-refractivity contribution < 1.29 is 28.3 Å². The number of likely N-dealkylation sites (N-methyl/N-ethyl adjacent to an activating group) is 1. The van der Waals surface area contributed by atoms with Crippen molar-refractivity contribution in [1.29, 1.82) is 0 Å². The first-order chi connectivity index (χ1) is 14.4. The zero-order valence-corrected chi connectivity index (χ0v) is 17.5. The third-order valence-electron chi connectivity index (χ3n) is 4.77. The van der Waals surface area contributed by atoms with E-state index in [1.807, 2.05) is 0 Å². The van der Waals surface area contributed by atoms with Crippen LogP contribution in [-0.4, -0.2) is 73.3 Å². The van der Waals surface area contributed by atoms with Crippen LogP contribution in [0.1, 0.15) is 31.9 Å². The number of nitrogens with zero attached hydrogens (tertiary/aromatic N) is 2. The molecule has 2 heterocycles. The number of ether oxygens (including phenoxy) is 1. The molecule has 1 aliphatic heterocycles. The molecule has 9 nitrogen and oxygen atoms in total. The Morgan fingerprint density at radius 1 is 1.37 bits per heavy atom. The second-order valence-corrected chi connectivity index (χ2v) is 7.07. The number of piperidine rings is 1. The van der Waals surface area contributed by atoms with Gasteiger partial charge in [0.25, 0.3) is 0 Å². The van der Waals surface area contributed by atoms with Crippen LogP contribution < -0.4 is 5.32 Å². The highest BCUT2D eigenvalue weighted by molar-refractivity contribution is 5.91. The van der Waals surface area contributed by atoms with Crippen molar-refractivity contribution in [3.63, 3.8) is 0 Å². The summed E-state index contributed by atoms with van der Waals surface area (Å²) in [5.41, 5.74) is 0. The Labute approximate surface area is 176 Å². The van der Waals surface area contributed by atoms with Crippen LogP contribution in [0.15, 0.2) is 28.9 Å². The molecule has 1 aromatic heterocycles. The van der Waals surface area contributed by atoms with Gasteiger partial charge in [-0.25, -0.2) is 0 Å². The molecule has 1 N–H and O–H groups in total. The molecular formula is C21H29N3O6. The van der Waals surface area contributed by atoms with E-state index < -0.39 is 0 Å². The van der Waals surface area contributed by atoms with Crippen LogP contribution in [0.3, 0.4) is 0 Å². The van der Waals surface area contributed by atoms with E-state index >= 15 is 0 Å². The molecule has 0 radical (unpaired) electrons. The number of carbonyl (C=O) groups is 4. The van der Waals surface area contributed by atoms with Crippen LogP contribution in [0, 0.1) is 5.92 Å². The highest BCUT2D eigenvalue weighted by Gasteiger charge is 2.30. The van der Waals surface area contributed by atoms with Gasteiger partial charge in [0.15, 0.2) is 0 Å². The maximum atomic E-state index is 12.5. The quantitative estimate of drug-likeness (QED) is 0.474. The average Bonchev–Trinajstić information content (AvgIpc) is 3.26. The highest BCUT2D eigenvalue weighted by atomic mass is 16.5. The lowest BCUT2D eigenvalue weighted by Crippen LogP contribution is -2.47. The summed E-state index contributed by atoms with van der Waals surface area (Å²) < 4.78 is 10.1. The molecule has 0 saturated carbocycles. The molecule has 164 valence electrons. The van der Waals surface area contributed by atoms with E-state index in [-0.39, 0.29) is 49.1 Å². The third kappa shape index (κ3) is 7.38. The van der Waals surface area contributed by atoms with E-state index in [0.717, 1.165) is 6.42 Å². The Hall–Kier alpha value is -3.10. The molecule has 1 atom stereocenters. The first-order valence-corrected chi connectivity index (χ1v) is 10.1. The smallest absolute Gasteiger partial charge is 0.310 e. The molecular weight excluding hydrogens is 390 g/mol. The summed E-state index contributed by atoms with van der Waals surface area (Å²) in [7, 11) is 1.55. The SMILES string of the molecule is CCOC(=O)C1CCCN(C(=O)CN(C)C(=O)CCNC(=O)/C=C/c2ccco2)C1. The normalized spacial score (nSPS) is 16.3. The van der Waals surface area contributed by atoms with Gasteiger partial charge >= 0.3 is 5.97 Å². The zero-order chi connectivity index (χ0) is 21.9. The molecule has 0 aliphatic carbocycles. The number of hydrogen-bond donors (Lipinski definition) is 1. The minimum absolute atomic E-state index is 0.0687. The van der Waals surface area contributed by atoms with Crippen LogP contribution in [-0.2, 0) is 23.9 Å². The van der Waals surface area contributed by atoms with E-state index in [1.54, 1.807) is 31.0 Å². The molecule has 1 aliphatic rings. The number of amides is 3. The second-order valence-electron chi connectivity index (χ2n) is 7.07. The summed E-state index contributed by atoms with van der Waals surface area (Å²) >= 11 is 0. The van der Waals surface area contributed by atoms with Crippen molar-refractivity contribution in [3.8, 4) is 0 Å². The highest BCUT2D eigenvalue weighted by Crippen LogP contribution is 2.18. The Balaban J connectivity index is 1.70. The number of nitrogens with one attached hydrogen (secondary N) is 1. The topological polar surface area (TPSA) is 109 Å². The van der Waals surface area contributed by atoms with Gasteiger partial charge in [-0.3, -0.25) is 19.2 Å². The maximum Gasteiger partial charge on any atom is 0.310 e. The molecule has 0 spiro atoms. The third-order valence-corrected chi connectivity index (χ3v) is 4.77. The van der Waals surface area contributed by atoms with Crippen LogP contribution >= 0.6 is 0 Å². The largest absolute Gasteiger partial charge is 0.466 e. The lowest BCUT2D eigenvalue weighted by atomic mass is 9.98. The number of hydrogen-bond acceptors (Lipinski definition) is 6. The fourth-order valence-electron chi connectivity index (χ4n) is 3.13. The van der Waals surface area contributed by atoms with Crippen molar-refractivity contribution in [2.24, 2.45) is 5.92 Å². The fourth-order valence-corrected chi connectivity index (χ4v) is 3.13. The lowest BCUT2D eigenvalue weighted by molar-refractivity contribution is -0.152. The zero-order valence-electron chi connectivity index (χ0n) is 17.5. The van der Waals surface area contributed by atoms with Gasteiger partial charge in [-0.05, 0) is 38.0 Å². The Bertz CT molecular complexity index is 759. The number of carbonyl (C=O) groups excluding carboxylic acids is 4. The van der Waals surface area contributed by atoms with E-state index in [9.17, 15) is 19.2 Å². The van der Waals surface area contributed by atoms with E-state index in [1.165, 1.54) is 23.3 Å². The van der Waals surface area contributed by atoms with Gasteiger partial charge in [0.2, 0.25) is 17.7 Å². The summed E-state index contributed by atoms with van der Waals surface area (Å²) in [6.45, 7) is 3.04. The fraction of sp³-hybridized carbons (Fsp3) is 0.524. The number of esters is 1. The monoisotopic (exact) mass is 419 g/mol. The molecule has 1 fully saturated rings. The number of rotatable bonds is 9. The Morgan fingerprint density at radius 3 is 2.87 bits per heavy atom. The average molecular weight is 419 g/mol. The molecule has 2 rings (SSSR count). The van der Waals surface area contributed by atoms with Crippen molar-refractivity contribution in [3.05, 3.63) is 30.2 Å². The minimum atomic E-state index is -0.337. The molecule has 0 aromatic carbocycles. The molecule has 9 heteroatoms. The van der Waals surface area contributed by atoms with Crippen molar-refractivity contribution in [2.75, 3.05) is 39.8 Å². The van der Waals surface area contributed by atoms with Gasteiger partial charge in [0.1, 0.15) is 5.76 Å². The van der Waals surface area contributed by atoms with Crippen LogP contribution in [0.5, 0.6) is 0 Å². The van der Waals surface area contributed by atoms with Gasteiger partial charge in [-0.15, -0.1) is 0 Å².